The zero-order valence-electron chi connectivity index (χ0n) is 19.1. The number of rotatable bonds is 4. The Balaban J connectivity index is 1.93. The van der Waals surface area contributed by atoms with Gasteiger partial charge in [0.1, 0.15) is 6.04 Å². The van der Waals surface area contributed by atoms with Gasteiger partial charge in [0, 0.05) is 3.57 Å². The summed E-state index contributed by atoms with van der Waals surface area (Å²) in [6.07, 6.45) is 0. The first-order chi connectivity index (χ1) is 16.1. The number of amides is 2. The zero-order chi connectivity index (χ0) is 24.6. The second-order valence-electron chi connectivity index (χ2n) is 9.32. The molecule has 34 heavy (non-hydrogen) atoms. The van der Waals surface area contributed by atoms with Gasteiger partial charge in [-0.2, -0.15) is 0 Å². The molecule has 1 aliphatic heterocycles. The lowest BCUT2D eigenvalue weighted by Gasteiger charge is -2.34. The van der Waals surface area contributed by atoms with Gasteiger partial charge < -0.3 is 15.3 Å². The van der Waals surface area contributed by atoms with Gasteiger partial charge in [-0.05, 0) is 62.9 Å². The lowest BCUT2D eigenvalue weighted by molar-refractivity contribution is -0.144. The van der Waals surface area contributed by atoms with Crippen molar-refractivity contribution in [1.29, 1.82) is 0 Å². The van der Waals surface area contributed by atoms with Crippen LogP contribution < -0.4 is 5.32 Å². The molecule has 0 aliphatic carbocycles. The number of carbonyl (C=O) groups is 3. The first-order valence-electron chi connectivity index (χ1n) is 10.9. The Hall–Kier alpha value is -3.20. The van der Waals surface area contributed by atoms with E-state index < -0.39 is 29.9 Å². The van der Waals surface area contributed by atoms with Gasteiger partial charge in [-0.25, -0.2) is 4.79 Å². The molecule has 0 aromatic heterocycles. The zero-order valence-corrected chi connectivity index (χ0v) is 21.2. The molecule has 7 heteroatoms. The molecular formula is C27H25IN2O4. The Morgan fingerprint density at radius 2 is 1.65 bits per heavy atom. The lowest BCUT2D eigenvalue weighted by Crippen LogP contribution is -2.44. The van der Waals surface area contributed by atoms with Crippen LogP contribution in [0.25, 0.3) is 0 Å². The van der Waals surface area contributed by atoms with Gasteiger partial charge >= 0.3 is 5.97 Å². The topological polar surface area (TPSA) is 86.7 Å². The number of nitrogens with one attached hydrogen (secondary N) is 1. The van der Waals surface area contributed by atoms with Crippen LogP contribution in [0.1, 0.15) is 59.9 Å². The van der Waals surface area contributed by atoms with E-state index in [1.54, 1.807) is 60.7 Å². The minimum atomic E-state index is -1.35. The monoisotopic (exact) mass is 568 g/mol. The van der Waals surface area contributed by atoms with Gasteiger partial charge in [-0.3, -0.25) is 9.59 Å². The number of halogens is 1. The van der Waals surface area contributed by atoms with Crippen molar-refractivity contribution in [3.63, 3.8) is 0 Å². The highest BCUT2D eigenvalue weighted by Gasteiger charge is 2.43. The summed E-state index contributed by atoms with van der Waals surface area (Å²) < 4.78 is 0.804. The van der Waals surface area contributed by atoms with Crippen molar-refractivity contribution >= 4 is 46.1 Å². The van der Waals surface area contributed by atoms with Crippen molar-refractivity contribution in [2.45, 2.75) is 38.3 Å². The van der Waals surface area contributed by atoms with Crippen LogP contribution in [0, 0.1) is 3.57 Å². The second kappa shape index (κ2) is 9.21. The first-order valence-corrected chi connectivity index (χ1v) is 12.0. The van der Waals surface area contributed by atoms with Crippen molar-refractivity contribution in [2.24, 2.45) is 0 Å². The third-order valence-electron chi connectivity index (χ3n) is 5.95. The largest absolute Gasteiger partial charge is 0.479 e. The molecule has 0 radical (unpaired) electrons. The quantitative estimate of drug-likeness (QED) is 0.405. The predicted molar refractivity (Wildman–Crippen MR) is 139 cm³/mol. The van der Waals surface area contributed by atoms with Gasteiger partial charge in [0.2, 0.25) is 0 Å². The first kappa shape index (κ1) is 23.9. The molecule has 3 aromatic carbocycles. The van der Waals surface area contributed by atoms with E-state index in [1.165, 1.54) is 4.90 Å². The highest BCUT2D eigenvalue weighted by molar-refractivity contribution is 14.1. The minimum Gasteiger partial charge on any atom is -0.479 e. The highest BCUT2D eigenvalue weighted by atomic mass is 127. The molecular weight excluding hydrogens is 543 g/mol. The smallest absolute Gasteiger partial charge is 0.331 e. The van der Waals surface area contributed by atoms with Crippen LogP contribution in [0.3, 0.4) is 0 Å². The summed E-state index contributed by atoms with van der Waals surface area (Å²) in [6, 6.07) is 18.6. The summed E-state index contributed by atoms with van der Waals surface area (Å²) in [5.41, 5.74) is 2.56. The lowest BCUT2D eigenvalue weighted by atomic mass is 9.86. The fourth-order valence-electron chi connectivity index (χ4n) is 4.19. The maximum absolute atomic E-state index is 13.9. The third kappa shape index (κ3) is 4.57. The summed E-state index contributed by atoms with van der Waals surface area (Å²) >= 11 is 2.09. The van der Waals surface area contributed by atoms with Crippen molar-refractivity contribution < 1.29 is 19.5 Å². The Kier molecular flexibility index (Phi) is 6.49. The van der Waals surface area contributed by atoms with Crippen LogP contribution in [0.15, 0.2) is 72.8 Å². The van der Waals surface area contributed by atoms with Crippen LogP contribution in [0.5, 0.6) is 0 Å². The fraction of sp³-hybridized carbons (Fsp3) is 0.222. The molecule has 2 atom stereocenters. The highest BCUT2D eigenvalue weighted by Crippen LogP contribution is 2.38. The molecule has 2 amide bonds. The summed E-state index contributed by atoms with van der Waals surface area (Å²) in [5, 5.41) is 13.1. The molecule has 3 aromatic rings. The van der Waals surface area contributed by atoms with E-state index in [2.05, 4.69) is 48.7 Å². The van der Waals surface area contributed by atoms with E-state index in [1.807, 2.05) is 12.1 Å². The Bertz CT molecular complexity index is 1250. The number of anilines is 1. The number of hydrogen-bond donors (Lipinski definition) is 2. The molecule has 0 fully saturated rings. The standard InChI is InChI=1S/C27H25IN2O4/c1-27(2,3)18-11-9-17(10-12-18)22-24(31)29-21-14-13-19(28)15-20(21)25(32)30(22)23(26(33)34)16-7-5-4-6-8-16/h4-15,22-23H,1-3H3,(H,29,31)(H,33,34). The van der Waals surface area contributed by atoms with Gasteiger partial charge in [0.25, 0.3) is 11.8 Å². The van der Waals surface area contributed by atoms with Crippen LogP contribution >= 0.6 is 22.6 Å². The number of fused-ring (bicyclic) bond motifs is 1. The number of carboxylic acid groups (broad SMARTS) is 1. The van der Waals surface area contributed by atoms with Gasteiger partial charge in [-0.15, -0.1) is 0 Å². The third-order valence-corrected chi connectivity index (χ3v) is 6.62. The van der Waals surface area contributed by atoms with Crippen LogP contribution in [-0.4, -0.2) is 27.8 Å². The number of hydrogen-bond acceptors (Lipinski definition) is 3. The van der Waals surface area contributed by atoms with E-state index in [4.69, 9.17) is 0 Å². The summed E-state index contributed by atoms with van der Waals surface area (Å²) in [7, 11) is 0. The molecule has 0 saturated heterocycles. The maximum atomic E-state index is 13.9. The minimum absolute atomic E-state index is 0.0969. The van der Waals surface area contributed by atoms with E-state index >= 15 is 0 Å². The van der Waals surface area contributed by atoms with E-state index in [-0.39, 0.29) is 11.0 Å². The van der Waals surface area contributed by atoms with Crippen molar-refractivity contribution in [3.05, 3.63) is 98.6 Å². The molecule has 1 heterocycles. The van der Waals surface area contributed by atoms with Crippen LogP contribution in [0.4, 0.5) is 5.69 Å². The Morgan fingerprint density at radius 1 is 1.00 bits per heavy atom. The van der Waals surface area contributed by atoms with E-state index in [0.29, 0.717) is 16.8 Å². The summed E-state index contributed by atoms with van der Waals surface area (Å²) in [5.74, 6) is -2.19. The van der Waals surface area contributed by atoms with E-state index in [0.717, 1.165) is 9.13 Å². The molecule has 6 nitrogen and oxygen atoms in total. The van der Waals surface area contributed by atoms with Crippen molar-refractivity contribution in [2.75, 3.05) is 5.32 Å². The van der Waals surface area contributed by atoms with Gasteiger partial charge in [0.05, 0.1) is 11.3 Å². The number of aliphatic carboxylic acids is 1. The number of nitrogens with zero attached hydrogens (tertiary/aromatic N) is 1. The molecule has 4 rings (SSSR count). The van der Waals surface area contributed by atoms with Gasteiger partial charge in [0.15, 0.2) is 6.04 Å². The molecule has 1 aliphatic rings. The van der Waals surface area contributed by atoms with Crippen molar-refractivity contribution in [1.82, 2.24) is 4.90 Å². The molecule has 0 saturated carbocycles. The predicted octanol–water partition coefficient (Wildman–Crippen LogP) is 5.55. The number of benzene rings is 3. The Labute approximate surface area is 212 Å². The summed E-state index contributed by atoms with van der Waals surface area (Å²) in [4.78, 5) is 41.3. The maximum Gasteiger partial charge on any atom is 0.331 e. The Morgan fingerprint density at radius 3 is 2.24 bits per heavy atom. The average Bonchev–Trinajstić information content (AvgIpc) is 2.89. The van der Waals surface area contributed by atoms with Crippen molar-refractivity contribution in [3.8, 4) is 0 Å². The molecule has 0 spiro atoms. The van der Waals surface area contributed by atoms with Gasteiger partial charge in [-0.1, -0.05) is 75.4 Å². The van der Waals surface area contributed by atoms with Crippen LogP contribution in [-0.2, 0) is 15.0 Å². The normalized spacial score (nSPS) is 16.9. The molecule has 0 bridgehead atoms. The summed E-state index contributed by atoms with van der Waals surface area (Å²) in [6.45, 7) is 6.26. The van der Waals surface area contributed by atoms with E-state index in [9.17, 15) is 19.5 Å². The second-order valence-corrected chi connectivity index (χ2v) is 10.6. The average molecular weight is 568 g/mol. The molecule has 2 N–H and O–H groups in total. The molecule has 2 unspecified atom stereocenters. The number of carbonyl (C=O) groups excluding carboxylic acids is 2. The molecule has 174 valence electrons. The number of carboxylic acids is 1. The SMILES string of the molecule is CC(C)(C)c1ccc(C2C(=O)Nc3ccc(I)cc3C(=O)N2C(C(=O)O)c2ccccc2)cc1. The van der Waals surface area contributed by atoms with Crippen LogP contribution in [0.2, 0.25) is 0 Å². The fourth-order valence-corrected chi connectivity index (χ4v) is 4.68.